The van der Waals surface area contributed by atoms with E-state index < -0.39 is 5.60 Å². The fourth-order valence-electron chi connectivity index (χ4n) is 9.19. The molecule has 0 amide bonds. The highest BCUT2D eigenvalue weighted by molar-refractivity contribution is 5.08. The minimum Gasteiger partial charge on any atom is -0.390 e. The van der Waals surface area contributed by atoms with Crippen LogP contribution in [0.5, 0.6) is 0 Å². The smallest absolute Gasteiger partial charge is 0.0648 e. The molecule has 10 atom stereocenters. The zero-order chi connectivity index (χ0) is 20.1. The maximum atomic E-state index is 10.9. The van der Waals surface area contributed by atoms with Crippen LogP contribution in [-0.4, -0.2) is 10.7 Å². The summed E-state index contributed by atoms with van der Waals surface area (Å²) in [4.78, 5) is 0. The number of hydrogen-bond donors (Lipinski definition) is 1. The number of hydrogen-bond acceptors (Lipinski definition) is 1. The minimum absolute atomic E-state index is 0.415. The van der Waals surface area contributed by atoms with Crippen LogP contribution in [0.1, 0.15) is 112 Å². The Bertz CT molecular complexity index is 538. The summed E-state index contributed by atoms with van der Waals surface area (Å²) >= 11 is 0. The van der Waals surface area contributed by atoms with Crippen LogP contribution >= 0.6 is 0 Å². The first-order valence-electron chi connectivity index (χ1n) is 13.0. The fourth-order valence-corrected chi connectivity index (χ4v) is 9.19. The highest BCUT2D eigenvalue weighted by Crippen LogP contribution is 2.66. The summed E-state index contributed by atoms with van der Waals surface area (Å²) in [6, 6.07) is 0. The van der Waals surface area contributed by atoms with Gasteiger partial charge in [0.2, 0.25) is 0 Å². The predicted octanol–water partition coefficient (Wildman–Crippen LogP) is 7.47. The SMILES string of the molecule is CCCCC[C@@H](C)[C@H]1CC[C@]2(C)[C@@H]1CC[C@@H]1[C@H]3CC[C@](C)(O)[C@@H](C)[C@@H]3CC[C@@H]12. The maximum absolute atomic E-state index is 10.9. The Hall–Kier alpha value is -0.0400. The first kappa shape index (κ1) is 21.2. The van der Waals surface area contributed by atoms with Crippen molar-refractivity contribution in [1.29, 1.82) is 0 Å². The molecule has 4 fully saturated rings. The summed E-state index contributed by atoms with van der Waals surface area (Å²) in [5.74, 6) is 7.09. The molecule has 0 aromatic heterocycles. The van der Waals surface area contributed by atoms with E-state index in [0.29, 0.717) is 11.3 Å². The molecule has 0 aromatic carbocycles. The Morgan fingerprint density at radius 1 is 0.857 bits per heavy atom. The summed E-state index contributed by atoms with van der Waals surface area (Å²) in [6.45, 7) is 12.1. The summed E-state index contributed by atoms with van der Waals surface area (Å²) in [6.07, 6.45) is 16.9. The molecule has 4 saturated carbocycles. The van der Waals surface area contributed by atoms with Gasteiger partial charge in [0.15, 0.2) is 0 Å². The van der Waals surface area contributed by atoms with E-state index in [0.717, 1.165) is 47.8 Å². The van der Waals surface area contributed by atoms with Crippen LogP contribution in [0.15, 0.2) is 0 Å². The highest BCUT2D eigenvalue weighted by atomic mass is 16.3. The van der Waals surface area contributed by atoms with E-state index >= 15 is 0 Å². The molecule has 28 heavy (non-hydrogen) atoms. The van der Waals surface area contributed by atoms with Crippen LogP contribution in [0.3, 0.4) is 0 Å². The van der Waals surface area contributed by atoms with Crippen molar-refractivity contribution in [3.63, 3.8) is 0 Å². The second kappa shape index (κ2) is 7.90. The van der Waals surface area contributed by atoms with Gasteiger partial charge in [0.05, 0.1) is 5.60 Å². The number of aliphatic hydroxyl groups is 1. The van der Waals surface area contributed by atoms with Gasteiger partial charge in [-0.15, -0.1) is 0 Å². The molecule has 1 heteroatoms. The Kier molecular flexibility index (Phi) is 5.98. The standard InChI is InChI=1S/C27H48O/c1-6-7-8-9-18(2)20-14-16-26(4)24(20)13-11-23-22-15-17-27(5,28)19(3)21(22)10-12-25(23)26/h18-25,28H,6-17H2,1-5H3/t18-,19+,20-,21+,22+,23-,24-,25+,26-,27+/m1/s1. The predicted molar refractivity (Wildman–Crippen MR) is 119 cm³/mol. The van der Waals surface area contributed by atoms with Gasteiger partial charge in [-0.25, -0.2) is 0 Å². The molecule has 0 aromatic rings. The molecule has 4 rings (SSSR count). The van der Waals surface area contributed by atoms with Gasteiger partial charge in [-0.2, -0.15) is 0 Å². The first-order valence-corrected chi connectivity index (χ1v) is 13.0. The van der Waals surface area contributed by atoms with Crippen molar-refractivity contribution >= 4 is 0 Å². The van der Waals surface area contributed by atoms with Crippen LogP contribution < -0.4 is 0 Å². The van der Waals surface area contributed by atoms with Gasteiger partial charge >= 0.3 is 0 Å². The lowest BCUT2D eigenvalue weighted by atomic mass is 9.46. The number of fused-ring (bicyclic) bond motifs is 5. The lowest BCUT2D eigenvalue weighted by Crippen LogP contribution is -2.54. The van der Waals surface area contributed by atoms with Gasteiger partial charge < -0.3 is 5.11 Å². The summed E-state index contributed by atoms with van der Waals surface area (Å²) < 4.78 is 0. The van der Waals surface area contributed by atoms with Crippen molar-refractivity contribution in [2.45, 2.75) is 117 Å². The van der Waals surface area contributed by atoms with E-state index in [-0.39, 0.29) is 0 Å². The maximum Gasteiger partial charge on any atom is 0.0648 e. The van der Waals surface area contributed by atoms with Crippen molar-refractivity contribution in [3.8, 4) is 0 Å². The van der Waals surface area contributed by atoms with E-state index in [1.807, 2.05) is 0 Å². The molecule has 1 N–H and O–H groups in total. The van der Waals surface area contributed by atoms with Gasteiger partial charge in [-0.1, -0.05) is 53.4 Å². The quantitative estimate of drug-likeness (QED) is 0.484. The third-order valence-corrected chi connectivity index (χ3v) is 11.1. The lowest BCUT2D eigenvalue weighted by molar-refractivity contribution is -0.138. The van der Waals surface area contributed by atoms with E-state index in [9.17, 15) is 5.11 Å². The van der Waals surface area contributed by atoms with Gasteiger partial charge in [0, 0.05) is 0 Å². The van der Waals surface area contributed by atoms with Crippen LogP contribution in [0.2, 0.25) is 0 Å². The molecular formula is C27H48O. The fraction of sp³-hybridized carbons (Fsp3) is 1.00. The van der Waals surface area contributed by atoms with Gasteiger partial charge in [-0.05, 0) is 111 Å². The minimum atomic E-state index is -0.415. The van der Waals surface area contributed by atoms with Crippen molar-refractivity contribution in [2.24, 2.45) is 52.8 Å². The van der Waals surface area contributed by atoms with Gasteiger partial charge in [0.1, 0.15) is 0 Å². The third-order valence-electron chi connectivity index (χ3n) is 11.1. The average molecular weight is 389 g/mol. The van der Waals surface area contributed by atoms with Gasteiger partial charge in [0.25, 0.3) is 0 Å². The molecular weight excluding hydrogens is 340 g/mol. The summed E-state index contributed by atoms with van der Waals surface area (Å²) in [5.41, 5.74) is 0.211. The second-order valence-corrected chi connectivity index (χ2v) is 12.2. The number of unbranched alkanes of at least 4 members (excludes halogenated alkanes) is 2. The van der Waals surface area contributed by atoms with Crippen LogP contribution in [0.25, 0.3) is 0 Å². The molecule has 4 aliphatic rings. The monoisotopic (exact) mass is 388 g/mol. The zero-order valence-electron chi connectivity index (χ0n) is 19.6. The van der Waals surface area contributed by atoms with Crippen molar-refractivity contribution in [1.82, 2.24) is 0 Å². The van der Waals surface area contributed by atoms with Crippen LogP contribution in [-0.2, 0) is 0 Å². The van der Waals surface area contributed by atoms with E-state index in [1.165, 1.54) is 70.6 Å². The average Bonchev–Trinajstić information content (AvgIpc) is 3.02. The largest absolute Gasteiger partial charge is 0.390 e. The molecule has 0 bridgehead atoms. The topological polar surface area (TPSA) is 20.2 Å². The van der Waals surface area contributed by atoms with Crippen LogP contribution in [0.4, 0.5) is 0 Å². The van der Waals surface area contributed by atoms with Crippen molar-refractivity contribution in [2.75, 3.05) is 0 Å². The first-order chi connectivity index (χ1) is 13.3. The number of rotatable bonds is 5. The normalized spacial score (nSPS) is 51.9. The Morgan fingerprint density at radius 2 is 1.57 bits per heavy atom. The highest BCUT2D eigenvalue weighted by Gasteiger charge is 2.59. The Morgan fingerprint density at radius 3 is 2.32 bits per heavy atom. The molecule has 162 valence electrons. The molecule has 4 aliphatic carbocycles. The molecule has 0 radical (unpaired) electrons. The second-order valence-electron chi connectivity index (χ2n) is 12.2. The molecule has 0 saturated heterocycles. The molecule has 0 heterocycles. The third kappa shape index (κ3) is 3.40. The molecule has 0 aliphatic heterocycles. The van der Waals surface area contributed by atoms with E-state index in [1.54, 1.807) is 0 Å². The van der Waals surface area contributed by atoms with Crippen LogP contribution in [0, 0.1) is 52.8 Å². The summed E-state index contributed by atoms with van der Waals surface area (Å²) in [5, 5.41) is 10.9. The lowest BCUT2D eigenvalue weighted by Gasteiger charge is -2.59. The molecule has 1 nitrogen and oxygen atoms in total. The zero-order valence-corrected chi connectivity index (χ0v) is 19.6. The summed E-state index contributed by atoms with van der Waals surface area (Å²) in [7, 11) is 0. The molecule has 0 spiro atoms. The van der Waals surface area contributed by atoms with Crippen molar-refractivity contribution in [3.05, 3.63) is 0 Å². The Balaban J connectivity index is 1.47. The van der Waals surface area contributed by atoms with Crippen molar-refractivity contribution < 1.29 is 5.11 Å². The van der Waals surface area contributed by atoms with E-state index in [2.05, 4.69) is 34.6 Å². The molecule has 0 unspecified atom stereocenters. The Labute approximate surface area is 175 Å². The van der Waals surface area contributed by atoms with Gasteiger partial charge in [-0.3, -0.25) is 0 Å². The van der Waals surface area contributed by atoms with E-state index in [4.69, 9.17) is 0 Å².